The maximum Gasteiger partial charge on any atom is 0.332 e. The first-order chi connectivity index (χ1) is 16.9. The highest BCUT2D eigenvalue weighted by Crippen LogP contribution is 2.30. The van der Waals surface area contributed by atoms with E-state index in [1.807, 2.05) is 24.3 Å². The summed E-state index contributed by atoms with van der Waals surface area (Å²) in [5, 5.41) is 0.573. The number of fused-ring (bicyclic) bond motifs is 2. The lowest BCUT2D eigenvalue weighted by atomic mass is 10.2. The summed E-state index contributed by atoms with van der Waals surface area (Å²) in [6.07, 6.45) is 0.813. The number of anilines is 1. The molecule has 2 aromatic carbocycles. The van der Waals surface area contributed by atoms with Gasteiger partial charge in [0.25, 0.3) is 5.56 Å². The number of hydrogen-bond acceptors (Lipinski definition) is 7. The number of amides is 1. The largest absolute Gasteiger partial charge is 0.497 e. The zero-order valence-corrected chi connectivity index (χ0v) is 20.3. The third kappa shape index (κ3) is 3.99. The molecule has 1 aliphatic rings. The van der Waals surface area contributed by atoms with Gasteiger partial charge in [0.15, 0.2) is 11.5 Å². The van der Waals surface area contributed by atoms with Crippen molar-refractivity contribution in [2.24, 2.45) is 14.1 Å². The summed E-state index contributed by atoms with van der Waals surface area (Å²) in [5.74, 6) is 1.06. The topological polar surface area (TPSA) is 99.3 Å². The van der Waals surface area contributed by atoms with E-state index in [1.54, 1.807) is 43.3 Å². The molecule has 35 heavy (non-hydrogen) atoms. The molecule has 1 amide bonds. The predicted molar refractivity (Wildman–Crippen MR) is 135 cm³/mol. The van der Waals surface area contributed by atoms with Gasteiger partial charge in [0.1, 0.15) is 16.2 Å². The van der Waals surface area contributed by atoms with E-state index in [1.165, 1.54) is 23.4 Å². The fourth-order valence-corrected chi connectivity index (χ4v) is 5.10. The smallest absolute Gasteiger partial charge is 0.332 e. The van der Waals surface area contributed by atoms with Crippen LogP contribution in [0.25, 0.3) is 22.4 Å². The van der Waals surface area contributed by atoms with Crippen LogP contribution in [-0.4, -0.2) is 44.4 Å². The molecule has 0 spiro atoms. The molecule has 10 heteroatoms. The molecule has 0 unspecified atom stereocenters. The Hall–Kier alpha value is -3.92. The lowest BCUT2D eigenvalue weighted by Gasteiger charge is -2.17. The lowest BCUT2D eigenvalue weighted by molar-refractivity contribution is -0.116. The van der Waals surface area contributed by atoms with E-state index < -0.39 is 11.2 Å². The second-order valence-corrected chi connectivity index (χ2v) is 9.16. The third-order valence-corrected chi connectivity index (χ3v) is 7.10. The number of methoxy groups -OCH3 is 1. The molecule has 1 aliphatic heterocycles. The Morgan fingerprint density at radius 3 is 2.51 bits per heavy atom. The van der Waals surface area contributed by atoms with E-state index in [9.17, 15) is 14.4 Å². The Morgan fingerprint density at radius 1 is 1.03 bits per heavy atom. The van der Waals surface area contributed by atoms with Crippen LogP contribution in [0.3, 0.4) is 0 Å². The zero-order valence-electron chi connectivity index (χ0n) is 19.5. The minimum atomic E-state index is -0.495. The molecule has 0 saturated carbocycles. The molecule has 178 valence electrons. The van der Waals surface area contributed by atoms with Gasteiger partial charge in [-0.15, -0.1) is 0 Å². The standard InChI is InChI=1S/C25H23N5O4S/c1-28-22-20(24(32)29(2)25(28)33)23(27-21(26-22)16-8-10-17(34-3)11-9-16)35-14-19(31)30-13-12-15-6-4-5-7-18(15)30/h4-11H,12-14H2,1-3H3. The zero-order chi connectivity index (χ0) is 24.7. The number of ether oxygens (including phenoxy) is 1. The first-order valence-electron chi connectivity index (χ1n) is 11.0. The molecule has 9 nitrogen and oxygen atoms in total. The average Bonchev–Trinajstić information content (AvgIpc) is 3.33. The minimum Gasteiger partial charge on any atom is -0.497 e. The summed E-state index contributed by atoms with van der Waals surface area (Å²) < 4.78 is 7.58. The van der Waals surface area contributed by atoms with Gasteiger partial charge in [-0.1, -0.05) is 30.0 Å². The predicted octanol–water partition coefficient (Wildman–Crippen LogP) is 2.38. The van der Waals surface area contributed by atoms with Crippen LogP contribution in [0.15, 0.2) is 63.1 Å². The molecule has 2 aromatic heterocycles. The van der Waals surface area contributed by atoms with Gasteiger partial charge in [0, 0.05) is 31.9 Å². The van der Waals surface area contributed by atoms with Crippen molar-refractivity contribution < 1.29 is 9.53 Å². The molecule has 0 atom stereocenters. The Morgan fingerprint density at radius 2 is 1.77 bits per heavy atom. The van der Waals surface area contributed by atoms with Crippen LogP contribution in [-0.2, 0) is 25.3 Å². The summed E-state index contributed by atoms with van der Waals surface area (Å²) in [4.78, 5) is 49.7. The van der Waals surface area contributed by atoms with Crippen molar-refractivity contribution in [1.29, 1.82) is 0 Å². The van der Waals surface area contributed by atoms with Gasteiger partial charge in [0.2, 0.25) is 5.91 Å². The number of para-hydroxylation sites is 1. The average molecular weight is 490 g/mol. The van der Waals surface area contributed by atoms with Crippen molar-refractivity contribution in [3.8, 4) is 17.1 Å². The number of aromatic nitrogens is 4. The van der Waals surface area contributed by atoms with E-state index in [2.05, 4.69) is 9.97 Å². The highest BCUT2D eigenvalue weighted by Gasteiger charge is 2.25. The number of rotatable bonds is 5. The van der Waals surface area contributed by atoms with Gasteiger partial charge >= 0.3 is 5.69 Å². The molecule has 3 heterocycles. The third-order valence-electron chi connectivity index (χ3n) is 6.14. The van der Waals surface area contributed by atoms with Crippen molar-refractivity contribution in [3.63, 3.8) is 0 Å². The van der Waals surface area contributed by atoms with Crippen LogP contribution in [0, 0.1) is 0 Å². The molecule has 0 fully saturated rings. The van der Waals surface area contributed by atoms with Crippen molar-refractivity contribution in [2.45, 2.75) is 11.4 Å². The molecule has 5 rings (SSSR count). The molecule has 0 aliphatic carbocycles. The number of carbonyl (C=O) groups is 1. The molecule has 0 N–H and O–H groups in total. The molecule has 4 aromatic rings. The Balaban J connectivity index is 1.57. The quantitative estimate of drug-likeness (QED) is 0.314. The van der Waals surface area contributed by atoms with Crippen LogP contribution >= 0.6 is 11.8 Å². The van der Waals surface area contributed by atoms with Crippen molar-refractivity contribution in [2.75, 3.05) is 24.3 Å². The second kappa shape index (κ2) is 9.03. The van der Waals surface area contributed by atoms with Crippen molar-refractivity contribution in [1.82, 2.24) is 19.1 Å². The molecule has 0 radical (unpaired) electrons. The first kappa shape index (κ1) is 22.9. The van der Waals surface area contributed by atoms with Crippen LogP contribution in [0.5, 0.6) is 5.75 Å². The summed E-state index contributed by atoms with van der Waals surface area (Å²) >= 11 is 1.18. The number of carbonyl (C=O) groups excluding carboxylic acids is 1. The Bertz CT molecular complexity index is 1580. The van der Waals surface area contributed by atoms with E-state index in [-0.39, 0.29) is 22.7 Å². The van der Waals surface area contributed by atoms with Crippen molar-refractivity contribution >= 4 is 34.4 Å². The number of aryl methyl sites for hydroxylation is 1. The van der Waals surface area contributed by atoms with E-state index in [4.69, 9.17) is 4.74 Å². The van der Waals surface area contributed by atoms with Gasteiger partial charge < -0.3 is 9.64 Å². The highest BCUT2D eigenvalue weighted by atomic mass is 32.2. The fourth-order valence-electron chi connectivity index (χ4n) is 4.21. The van der Waals surface area contributed by atoms with E-state index >= 15 is 0 Å². The molecule has 0 saturated heterocycles. The van der Waals surface area contributed by atoms with E-state index in [0.29, 0.717) is 28.7 Å². The first-order valence-corrected chi connectivity index (χ1v) is 12.0. The van der Waals surface area contributed by atoms with Gasteiger partial charge in [0.05, 0.1) is 12.9 Å². The van der Waals surface area contributed by atoms with Crippen LogP contribution < -0.4 is 20.9 Å². The van der Waals surface area contributed by atoms with Gasteiger partial charge in [-0.2, -0.15) is 0 Å². The van der Waals surface area contributed by atoms with Crippen molar-refractivity contribution in [3.05, 3.63) is 74.9 Å². The number of nitrogens with zero attached hydrogens (tertiary/aromatic N) is 5. The summed E-state index contributed by atoms with van der Waals surface area (Å²) in [6, 6.07) is 15.0. The molecule has 0 bridgehead atoms. The maximum absolute atomic E-state index is 13.1. The number of hydrogen-bond donors (Lipinski definition) is 0. The van der Waals surface area contributed by atoms with Crippen LogP contribution in [0.1, 0.15) is 5.56 Å². The Labute approximate surface area is 205 Å². The Kier molecular flexibility index (Phi) is 5.89. The fraction of sp³-hybridized carbons (Fsp3) is 0.240. The number of benzene rings is 2. The monoisotopic (exact) mass is 489 g/mol. The van der Waals surface area contributed by atoms with Crippen LogP contribution in [0.4, 0.5) is 5.69 Å². The minimum absolute atomic E-state index is 0.0700. The lowest BCUT2D eigenvalue weighted by Crippen LogP contribution is -2.37. The molecular formula is C25H23N5O4S. The number of thioether (sulfide) groups is 1. The van der Waals surface area contributed by atoms with Gasteiger partial charge in [-0.3, -0.25) is 18.7 Å². The SMILES string of the molecule is COc1ccc(-c2nc(SCC(=O)N3CCc4ccccc43)c3c(=O)n(C)c(=O)n(C)c3n2)cc1. The second-order valence-electron chi connectivity index (χ2n) is 8.20. The summed E-state index contributed by atoms with van der Waals surface area (Å²) in [5.41, 5.74) is 2.00. The highest BCUT2D eigenvalue weighted by molar-refractivity contribution is 8.00. The van der Waals surface area contributed by atoms with Gasteiger partial charge in [-0.25, -0.2) is 14.8 Å². The van der Waals surface area contributed by atoms with E-state index in [0.717, 1.165) is 22.2 Å². The maximum atomic E-state index is 13.1. The normalized spacial score (nSPS) is 12.7. The summed E-state index contributed by atoms with van der Waals surface area (Å²) in [7, 11) is 4.57. The molecular weight excluding hydrogens is 466 g/mol. The van der Waals surface area contributed by atoms with Crippen LogP contribution in [0.2, 0.25) is 0 Å². The van der Waals surface area contributed by atoms with Gasteiger partial charge in [-0.05, 0) is 42.3 Å². The summed E-state index contributed by atoms with van der Waals surface area (Å²) in [6.45, 7) is 0.622.